The highest BCUT2D eigenvalue weighted by Gasteiger charge is 2.23. The molecule has 0 aliphatic rings. The number of nitrogens with zero attached hydrogens (tertiary/aromatic N) is 3. The van der Waals surface area contributed by atoms with Crippen molar-refractivity contribution in [3.8, 4) is 17.0 Å². The summed E-state index contributed by atoms with van der Waals surface area (Å²) in [5.41, 5.74) is 1.62. The van der Waals surface area contributed by atoms with E-state index in [0.717, 1.165) is 18.4 Å². The van der Waals surface area contributed by atoms with Crippen LogP contribution in [-0.4, -0.2) is 35.2 Å². The Bertz CT molecular complexity index is 622. The molecule has 0 spiro atoms. The van der Waals surface area contributed by atoms with Gasteiger partial charge < -0.3 is 9.47 Å². The number of hydrogen-bond acceptors (Lipinski definition) is 5. The number of esters is 1. The number of hydrogen-bond donors (Lipinski definition) is 0. The van der Waals surface area contributed by atoms with E-state index in [1.807, 2.05) is 24.3 Å². The second-order valence-corrected chi connectivity index (χ2v) is 4.56. The van der Waals surface area contributed by atoms with E-state index in [1.54, 1.807) is 11.8 Å². The molecule has 2 aromatic rings. The van der Waals surface area contributed by atoms with Crippen LogP contribution in [0.4, 0.5) is 0 Å². The molecule has 0 radical (unpaired) electrons. The number of para-hydroxylation sites is 1. The number of benzene rings is 1. The smallest absolute Gasteiger partial charge is 0.360 e. The van der Waals surface area contributed by atoms with Crippen molar-refractivity contribution in [3.05, 3.63) is 30.0 Å². The molecule has 1 aromatic carbocycles. The average Bonchev–Trinajstić information content (AvgIpc) is 2.95. The molecule has 0 aliphatic heterocycles. The molecule has 112 valence electrons. The highest BCUT2D eigenvalue weighted by molar-refractivity contribution is 5.94. The van der Waals surface area contributed by atoms with E-state index < -0.39 is 5.97 Å². The molecule has 0 atom stereocenters. The van der Waals surface area contributed by atoms with Gasteiger partial charge in [0, 0.05) is 12.1 Å². The lowest BCUT2D eigenvalue weighted by Gasteiger charge is -2.11. The highest BCUT2D eigenvalue weighted by atomic mass is 16.5. The summed E-state index contributed by atoms with van der Waals surface area (Å²) in [5.74, 6) is 0.168. The zero-order chi connectivity index (χ0) is 15.2. The second kappa shape index (κ2) is 6.88. The molecular formula is C15H19N3O3. The third-order valence-electron chi connectivity index (χ3n) is 3.20. The Morgan fingerprint density at radius 2 is 2.05 bits per heavy atom. The normalized spacial score (nSPS) is 10.4. The van der Waals surface area contributed by atoms with Crippen molar-refractivity contribution >= 4 is 5.97 Å². The molecule has 6 nitrogen and oxygen atoms in total. The zero-order valence-electron chi connectivity index (χ0n) is 12.5. The molecule has 0 aliphatic carbocycles. The quantitative estimate of drug-likeness (QED) is 0.764. The maximum absolute atomic E-state index is 11.9. The van der Waals surface area contributed by atoms with Crippen molar-refractivity contribution in [1.29, 1.82) is 0 Å². The number of aromatic nitrogens is 3. The summed E-state index contributed by atoms with van der Waals surface area (Å²) >= 11 is 0. The van der Waals surface area contributed by atoms with Crippen LogP contribution in [-0.2, 0) is 11.3 Å². The van der Waals surface area contributed by atoms with Crippen LogP contribution in [0, 0.1) is 0 Å². The number of ether oxygens (including phenoxy) is 2. The van der Waals surface area contributed by atoms with E-state index in [4.69, 9.17) is 9.47 Å². The van der Waals surface area contributed by atoms with Crippen LogP contribution in [0.15, 0.2) is 24.3 Å². The molecule has 0 saturated heterocycles. The van der Waals surface area contributed by atoms with Crippen molar-refractivity contribution in [2.24, 2.45) is 0 Å². The first kappa shape index (κ1) is 15.0. The molecule has 0 unspecified atom stereocenters. The molecule has 6 heteroatoms. The number of carbonyl (C=O) groups is 1. The minimum absolute atomic E-state index is 0.207. The van der Waals surface area contributed by atoms with Gasteiger partial charge >= 0.3 is 5.97 Å². The summed E-state index contributed by atoms with van der Waals surface area (Å²) in [6, 6.07) is 7.48. The first-order valence-corrected chi connectivity index (χ1v) is 6.88. The van der Waals surface area contributed by atoms with Gasteiger partial charge in [-0.15, -0.1) is 5.10 Å². The monoisotopic (exact) mass is 289 g/mol. The van der Waals surface area contributed by atoms with E-state index in [9.17, 15) is 4.79 Å². The third kappa shape index (κ3) is 3.04. The Hall–Kier alpha value is -2.37. The molecule has 0 fully saturated rings. The number of carbonyl (C=O) groups excluding carboxylic acids is 1. The van der Waals surface area contributed by atoms with Gasteiger partial charge in [0.15, 0.2) is 5.69 Å². The van der Waals surface area contributed by atoms with Gasteiger partial charge in [-0.05, 0) is 18.6 Å². The van der Waals surface area contributed by atoms with Gasteiger partial charge in [0.1, 0.15) is 11.4 Å². The fraction of sp³-hybridized carbons (Fsp3) is 0.400. The predicted octanol–water partition coefficient (Wildman–Crippen LogP) is 2.54. The molecule has 1 heterocycles. The standard InChI is InChI=1S/C15H19N3O3/c1-4-5-10-18-14(13(16-17-18)15(19)21-3)11-8-6-7-9-12(11)20-2/h6-9H,4-5,10H2,1-3H3. The SMILES string of the molecule is CCCCn1nnc(C(=O)OC)c1-c1ccccc1OC. The first-order chi connectivity index (χ1) is 10.2. The Morgan fingerprint density at radius 3 is 2.71 bits per heavy atom. The highest BCUT2D eigenvalue weighted by Crippen LogP contribution is 2.31. The Morgan fingerprint density at radius 1 is 1.29 bits per heavy atom. The van der Waals surface area contributed by atoms with Crippen molar-refractivity contribution in [2.45, 2.75) is 26.3 Å². The predicted molar refractivity (Wildman–Crippen MR) is 78.3 cm³/mol. The Kier molecular flexibility index (Phi) is 4.92. The number of rotatable bonds is 6. The van der Waals surface area contributed by atoms with Crippen molar-refractivity contribution in [2.75, 3.05) is 14.2 Å². The maximum Gasteiger partial charge on any atom is 0.360 e. The van der Waals surface area contributed by atoms with Gasteiger partial charge in [-0.25, -0.2) is 9.48 Å². The average molecular weight is 289 g/mol. The fourth-order valence-electron chi connectivity index (χ4n) is 2.12. The van der Waals surface area contributed by atoms with Gasteiger partial charge in [-0.2, -0.15) is 0 Å². The van der Waals surface area contributed by atoms with Crippen molar-refractivity contribution in [1.82, 2.24) is 15.0 Å². The van der Waals surface area contributed by atoms with Gasteiger partial charge in [0.25, 0.3) is 0 Å². The van der Waals surface area contributed by atoms with Crippen molar-refractivity contribution < 1.29 is 14.3 Å². The van der Waals surface area contributed by atoms with E-state index in [2.05, 4.69) is 17.2 Å². The molecule has 0 bridgehead atoms. The van der Waals surface area contributed by atoms with Gasteiger partial charge in [-0.1, -0.05) is 30.7 Å². The summed E-state index contributed by atoms with van der Waals surface area (Å²) in [5, 5.41) is 8.06. The minimum atomic E-state index is -0.501. The van der Waals surface area contributed by atoms with Crippen LogP contribution in [0.25, 0.3) is 11.3 Å². The van der Waals surface area contributed by atoms with Crippen LogP contribution < -0.4 is 4.74 Å². The van der Waals surface area contributed by atoms with Gasteiger partial charge in [-0.3, -0.25) is 0 Å². The molecule has 21 heavy (non-hydrogen) atoms. The molecule has 2 rings (SSSR count). The van der Waals surface area contributed by atoms with E-state index >= 15 is 0 Å². The molecule has 0 saturated carbocycles. The van der Waals surface area contributed by atoms with Crippen LogP contribution in [0.3, 0.4) is 0 Å². The van der Waals surface area contributed by atoms with Crippen LogP contribution in [0.1, 0.15) is 30.3 Å². The minimum Gasteiger partial charge on any atom is -0.496 e. The Labute approximate surface area is 123 Å². The van der Waals surface area contributed by atoms with E-state index in [1.165, 1.54) is 7.11 Å². The van der Waals surface area contributed by atoms with Crippen LogP contribution >= 0.6 is 0 Å². The van der Waals surface area contributed by atoms with Gasteiger partial charge in [0.2, 0.25) is 0 Å². The van der Waals surface area contributed by atoms with Crippen LogP contribution in [0.5, 0.6) is 5.75 Å². The maximum atomic E-state index is 11.9. The summed E-state index contributed by atoms with van der Waals surface area (Å²) < 4.78 is 11.9. The van der Waals surface area contributed by atoms with Crippen LogP contribution in [0.2, 0.25) is 0 Å². The summed E-state index contributed by atoms with van der Waals surface area (Å²) in [6.07, 6.45) is 1.98. The largest absolute Gasteiger partial charge is 0.496 e. The lowest BCUT2D eigenvalue weighted by atomic mass is 10.1. The molecule has 1 aromatic heterocycles. The van der Waals surface area contributed by atoms with E-state index in [0.29, 0.717) is 18.0 Å². The fourth-order valence-corrected chi connectivity index (χ4v) is 2.12. The third-order valence-corrected chi connectivity index (χ3v) is 3.20. The summed E-state index contributed by atoms with van der Waals surface area (Å²) in [6.45, 7) is 2.79. The topological polar surface area (TPSA) is 66.2 Å². The number of aryl methyl sites for hydroxylation is 1. The summed E-state index contributed by atoms with van der Waals surface area (Å²) in [7, 11) is 2.93. The lowest BCUT2D eigenvalue weighted by molar-refractivity contribution is 0.0595. The van der Waals surface area contributed by atoms with Crippen molar-refractivity contribution in [3.63, 3.8) is 0 Å². The van der Waals surface area contributed by atoms with E-state index in [-0.39, 0.29) is 5.69 Å². The number of unbranched alkanes of at least 4 members (excludes halogenated alkanes) is 1. The second-order valence-electron chi connectivity index (χ2n) is 4.56. The number of methoxy groups -OCH3 is 2. The van der Waals surface area contributed by atoms with Gasteiger partial charge in [0.05, 0.1) is 14.2 Å². The molecule has 0 N–H and O–H groups in total. The first-order valence-electron chi connectivity index (χ1n) is 6.88. The molecular weight excluding hydrogens is 270 g/mol. The lowest BCUT2D eigenvalue weighted by Crippen LogP contribution is -2.07. The Balaban J connectivity index is 2.57. The zero-order valence-corrected chi connectivity index (χ0v) is 12.5. The molecule has 0 amide bonds. The summed E-state index contributed by atoms with van der Waals surface area (Å²) in [4.78, 5) is 11.9.